The lowest BCUT2D eigenvalue weighted by atomic mass is 9.67. The summed E-state index contributed by atoms with van der Waals surface area (Å²) >= 11 is 7.21. The molecule has 0 radical (unpaired) electrons. The lowest BCUT2D eigenvalue weighted by Gasteiger charge is -2.32. The Morgan fingerprint density at radius 1 is 0.346 bits per heavy atom. The molecule has 2 aliphatic carbocycles. The van der Waals surface area contributed by atoms with Gasteiger partial charge in [0.1, 0.15) is 0 Å². The van der Waals surface area contributed by atoms with E-state index in [0.717, 1.165) is 136 Å². The molecule has 14 rings (SSSR count). The molecule has 4 aliphatic rings. The van der Waals surface area contributed by atoms with Crippen LogP contribution in [0.4, 0.5) is 34.1 Å². The molecule has 0 aromatic heterocycles. The average molecular weight is 1560 g/mol. The van der Waals surface area contributed by atoms with Crippen LogP contribution in [0.1, 0.15) is 156 Å². The normalized spacial score (nSPS) is 15.2. The van der Waals surface area contributed by atoms with Crippen LogP contribution < -0.4 is 39.7 Å². The molecular weight excluding hydrogens is 1450 g/mol. The van der Waals surface area contributed by atoms with E-state index in [1.807, 2.05) is 0 Å². The van der Waals surface area contributed by atoms with Gasteiger partial charge in [0.25, 0.3) is 0 Å². The molecule has 554 valence electrons. The fraction of sp³-hybridized carbons (Fsp3) is 0.355. The molecule has 0 N–H and O–H groups in total. The smallest absolute Gasteiger partial charge is 0.489 e. The number of halogens is 2. The fourth-order valence-corrected chi connectivity index (χ4v) is 14.9. The maximum absolute atomic E-state index is 6.82. The van der Waals surface area contributed by atoms with E-state index in [1.54, 1.807) is 0 Å². The van der Waals surface area contributed by atoms with E-state index in [1.165, 1.54) is 33.4 Å². The van der Waals surface area contributed by atoms with Crippen LogP contribution in [0.3, 0.4) is 0 Å². The highest BCUT2D eigenvalue weighted by atomic mass is 79.9. The molecule has 0 bridgehead atoms. The van der Waals surface area contributed by atoms with Crippen molar-refractivity contribution in [2.75, 3.05) is 62.7 Å². The molecule has 0 amide bonds. The number of hydrogen-bond acceptors (Lipinski definition) is 10. The summed E-state index contributed by atoms with van der Waals surface area (Å²) in [5, 5.41) is 0. The summed E-state index contributed by atoms with van der Waals surface area (Å²) in [4.78, 5) is 4.62. The molecule has 14 heteroatoms. The minimum absolute atomic E-state index is 0.102. The molecule has 2 fully saturated rings. The Hall–Kier alpha value is -8.07. The highest BCUT2D eigenvalue weighted by molar-refractivity contribution is 9.10. The third-order valence-electron chi connectivity index (χ3n) is 21.9. The van der Waals surface area contributed by atoms with E-state index in [2.05, 4.69) is 345 Å². The summed E-state index contributed by atoms with van der Waals surface area (Å²) < 4.78 is 53.8. The van der Waals surface area contributed by atoms with Gasteiger partial charge in [-0.2, -0.15) is 0 Å². The van der Waals surface area contributed by atoms with Gasteiger partial charge in [0.15, 0.2) is 23.0 Å². The van der Waals surface area contributed by atoms with Crippen LogP contribution >= 0.6 is 31.9 Å². The zero-order valence-electron chi connectivity index (χ0n) is 65.0. The lowest BCUT2D eigenvalue weighted by Crippen LogP contribution is -2.35. The standard InChI is InChI=1S/C49H62B2O8.C44H42Br2N2/c1-9-31(5)27-52-45-23-39-40-24-46(53-28-32(6)10-2)48(55-30-34(8)12-4)26-44(40)49(43(39)25-47(45)54-29-33(7)11-3)41-21-35(50-56-17-18-57-50)13-15-37(41)38-16-14-36(22-42(38)49)51-58-19-20-59-51;1-43(2,3)33-11-23-39(24-12-33)47(41-27-15-35(45)16-28-41)37-19-7-31(8-20-37)32-9-21-38(22-10-32)48(42-29-17-36(46)18-30-42)40-25-13-34(14-26-40)44(4,5)6/h13-16,21-26,31-34H,9-12,17-20,27-30H2,1-8H3;7-30H,1-6H3. The van der Waals surface area contributed by atoms with Crippen molar-refractivity contribution < 1.29 is 37.6 Å². The van der Waals surface area contributed by atoms with Gasteiger partial charge in [0, 0.05) is 43.1 Å². The molecular formula is C93H104B2Br2N2O8. The predicted molar refractivity (Wildman–Crippen MR) is 451 cm³/mol. The van der Waals surface area contributed by atoms with Crippen molar-refractivity contribution in [1.29, 1.82) is 0 Å². The number of benzene rings is 10. The first-order valence-corrected chi connectivity index (χ1v) is 40.3. The second-order valence-corrected chi connectivity index (χ2v) is 33.6. The number of rotatable bonds is 25. The van der Waals surface area contributed by atoms with Crippen molar-refractivity contribution in [1.82, 2.24) is 0 Å². The van der Waals surface area contributed by atoms with Gasteiger partial charge in [0.2, 0.25) is 0 Å². The summed E-state index contributed by atoms with van der Waals surface area (Å²) in [7, 11) is -0.873. The van der Waals surface area contributed by atoms with E-state index in [0.29, 0.717) is 76.5 Å². The molecule has 2 heterocycles. The summed E-state index contributed by atoms with van der Waals surface area (Å²) in [6, 6.07) is 75.1. The maximum atomic E-state index is 6.82. The molecule has 4 unspecified atom stereocenters. The van der Waals surface area contributed by atoms with E-state index in [4.69, 9.17) is 37.6 Å². The highest BCUT2D eigenvalue weighted by Crippen LogP contribution is 2.65. The van der Waals surface area contributed by atoms with E-state index < -0.39 is 19.7 Å². The summed E-state index contributed by atoms with van der Waals surface area (Å²) in [6.07, 6.45) is 4.09. The van der Waals surface area contributed by atoms with Crippen LogP contribution in [0.15, 0.2) is 215 Å². The van der Waals surface area contributed by atoms with Gasteiger partial charge in [-0.15, -0.1) is 0 Å². The first-order valence-electron chi connectivity index (χ1n) is 38.7. The molecule has 0 saturated carbocycles. The third-order valence-corrected chi connectivity index (χ3v) is 22.9. The Kier molecular flexibility index (Phi) is 24.1. The van der Waals surface area contributed by atoms with Gasteiger partial charge in [0.05, 0.1) is 58.3 Å². The van der Waals surface area contributed by atoms with E-state index in [-0.39, 0.29) is 10.8 Å². The number of anilines is 6. The van der Waals surface area contributed by atoms with Crippen molar-refractivity contribution in [3.8, 4) is 56.4 Å². The first-order chi connectivity index (χ1) is 51.6. The topological polar surface area (TPSA) is 80.3 Å². The first kappa shape index (κ1) is 77.1. The molecule has 2 saturated heterocycles. The Morgan fingerprint density at radius 2 is 0.607 bits per heavy atom. The van der Waals surface area contributed by atoms with Gasteiger partial charge in [-0.1, -0.05) is 239 Å². The minimum Gasteiger partial charge on any atom is -0.489 e. The zero-order valence-corrected chi connectivity index (χ0v) is 68.2. The van der Waals surface area contributed by atoms with Crippen molar-refractivity contribution in [2.24, 2.45) is 23.7 Å². The highest BCUT2D eigenvalue weighted by Gasteiger charge is 2.54. The Balaban J connectivity index is 0.000000193. The molecule has 4 atom stereocenters. The number of hydrogen-bond donors (Lipinski definition) is 0. The summed E-state index contributed by atoms with van der Waals surface area (Å²) in [5.74, 6) is 4.57. The van der Waals surface area contributed by atoms with Crippen molar-refractivity contribution in [2.45, 2.75) is 139 Å². The molecule has 10 aromatic carbocycles. The Morgan fingerprint density at radius 3 is 0.888 bits per heavy atom. The second kappa shape index (κ2) is 33.4. The van der Waals surface area contributed by atoms with E-state index in [9.17, 15) is 0 Å². The number of nitrogens with zero attached hydrogens (tertiary/aromatic N) is 2. The van der Waals surface area contributed by atoms with E-state index >= 15 is 0 Å². The van der Waals surface area contributed by atoms with Gasteiger partial charge < -0.3 is 47.4 Å². The SMILES string of the molecule is CC(C)(C)c1ccc(N(c2ccc(Br)cc2)c2ccc(-c3ccc(N(c4ccc(Br)cc4)c4ccc(C(C)(C)C)cc4)cc3)cc2)cc1.CCC(C)COc1cc2c(cc1OCC(C)CC)C1(c3cc(B4OCCO4)ccc3-c3ccc(B4OCCO4)cc31)c1cc(OCC(C)CC)c(OCC(C)CC)cc1-2. The van der Waals surface area contributed by atoms with Crippen molar-refractivity contribution in [3.63, 3.8) is 0 Å². The molecule has 10 aromatic rings. The second-order valence-electron chi connectivity index (χ2n) is 31.8. The zero-order chi connectivity index (χ0) is 75.3. The predicted octanol–water partition coefficient (Wildman–Crippen LogP) is 23.6. The maximum Gasteiger partial charge on any atom is 0.494 e. The van der Waals surface area contributed by atoms with Gasteiger partial charge in [-0.3, -0.25) is 0 Å². The fourth-order valence-electron chi connectivity index (χ4n) is 14.4. The van der Waals surface area contributed by atoms with Gasteiger partial charge >= 0.3 is 14.2 Å². The Labute approximate surface area is 654 Å². The minimum atomic E-state index is -0.772. The van der Waals surface area contributed by atoms with Gasteiger partial charge in [-0.05, 0) is 234 Å². The van der Waals surface area contributed by atoms with Gasteiger partial charge in [-0.25, -0.2) is 0 Å². The average Bonchev–Trinajstić information content (AvgIpc) is 1.50. The number of ether oxygens (including phenoxy) is 4. The largest absolute Gasteiger partial charge is 0.494 e. The van der Waals surface area contributed by atoms with Crippen LogP contribution in [0.5, 0.6) is 23.0 Å². The monoisotopic (exact) mass is 1560 g/mol. The van der Waals surface area contributed by atoms with Crippen molar-refractivity contribution >= 4 is 91.1 Å². The lowest BCUT2D eigenvalue weighted by molar-refractivity contribution is 0.217. The molecule has 2 aliphatic heterocycles. The quantitative estimate of drug-likeness (QED) is 0.0516. The van der Waals surface area contributed by atoms with Crippen LogP contribution in [0, 0.1) is 23.7 Å². The summed E-state index contributed by atoms with van der Waals surface area (Å²) in [6.45, 7) is 35.9. The molecule has 10 nitrogen and oxygen atoms in total. The third kappa shape index (κ3) is 16.8. The summed E-state index contributed by atoms with van der Waals surface area (Å²) in [5.41, 5.74) is 22.2. The molecule has 107 heavy (non-hydrogen) atoms. The van der Waals surface area contributed by atoms with Crippen LogP contribution in [-0.2, 0) is 34.9 Å². The van der Waals surface area contributed by atoms with Crippen LogP contribution in [0.25, 0.3) is 33.4 Å². The van der Waals surface area contributed by atoms with Crippen LogP contribution in [0.2, 0.25) is 0 Å². The molecule has 1 spiro atoms. The van der Waals surface area contributed by atoms with Crippen molar-refractivity contribution in [3.05, 3.63) is 249 Å². The number of fused-ring (bicyclic) bond motifs is 10. The Bertz CT molecular complexity index is 4370. The van der Waals surface area contributed by atoms with Crippen LogP contribution in [-0.4, -0.2) is 67.1 Å².